The van der Waals surface area contributed by atoms with E-state index in [4.69, 9.17) is 5.26 Å². The Morgan fingerprint density at radius 2 is 0.933 bits per heavy atom. The van der Waals surface area contributed by atoms with Crippen molar-refractivity contribution < 1.29 is 0 Å². The van der Waals surface area contributed by atoms with E-state index < -0.39 is 0 Å². The van der Waals surface area contributed by atoms with Gasteiger partial charge in [-0.1, -0.05) is 78.9 Å². The Kier molecular flexibility index (Phi) is 3.60. The zero-order valence-electron chi connectivity index (χ0n) is 16.3. The Morgan fingerprint density at radius 1 is 0.433 bits per heavy atom. The minimum atomic E-state index is 0.694. The predicted molar refractivity (Wildman–Crippen MR) is 127 cm³/mol. The van der Waals surface area contributed by atoms with E-state index in [1.54, 1.807) is 0 Å². The fourth-order valence-corrected chi connectivity index (χ4v) is 4.58. The SMILES string of the molecule is N#Cc1ccc2cc(-c3ccc4c5ccccc5c5ccccc5c4c3)ccc2c1. The van der Waals surface area contributed by atoms with E-state index in [9.17, 15) is 0 Å². The number of benzene rings is 6. The van der Waals surface area contributed by atoms with Crippen LogP contribution in [-0.4, -0.2) is 0 Å². The highest BCUT2D eigenvalue weighted by Crippen LogP contribution is 2.37. The van der Waals surface area contributed by atoms with Gasteiger partial charge in [0.1, 0.15) is 0 Å². The average molecular weight is 379 g/mol. The largest absolute Gasteiger partial charge is 0.192 e. The molecular weight excluding hydrogens is 362 g/mol. The molecule has 0 aliphatic heterocycles. The normalized spacial score (nSPS) is 11.3. The van der Waals surface area contributed by atoms with Crippen molar-refractivity contribution in [2.75, 3.05) is 0 Å². The first-order valence-electron chi connectivity index (χ1n) is 10.1. The molecule has 0 unspecified atom stereocenters. The maximum Gasteiger partial charge on any atom is 0.0991 e. The van der Waals surface area contributed by atoms with Crippen molar-refractivity contribution in [3.05, 3.63) is 109 Å². The van der Waals surface area contributed by atoms with Crippen molar-refractivity contribution in [3.8, 4) is 17.2 Å². The lowest BCUT2D eigenvalue weighted by Gasteiger charge is -2.12. The van der Waals surface area contributed by atoms with Crippen LogP contribution in [0.25, 0.3) is 54.2 Å². The molecule has 0 aliphatic carbocycles. The zero-order chi connectivity index (χ0) is 20.1. The number of fused-ring (bicyclic) bond motifs is 7. The smallest absolute Gasteiger partial charge is 0.0991 e. The highest BCUT2D eigenvalue weighted by molar-refractivity contribution is 6.25. The molecule has 0 saturated carbocycles. The third kappa shape index (κ3) is 2.48. The summed E-state index contributed by atoms with van der Waals surface area (Å²) in [7, 11) is 0. The quantitative estimate of drug-likeness (QED) is 0.267. The Labute approximate surface area is 174 Å². The van der Waals surface area contributed by atoms with Crippen LogP contribution in [0.2, 0.25) is 0 Å². The molecule has 0 saturated heterocycles. The van der Waals surface area contributed by atoms with Crippen molar-refractivity contribution in [1.29, 1.82) is 5.26 Å². The lowest BCUT2D eigenvalue weighted by atomic mass is 9.91. The fraction of sp³-hybridized carbons (Fsp3) is 0. The van der Waals surface area contributed by atoms with Crippen molar-refractivity contribution in [1.82, 2.24) is 0 Å². The van der Waals surface area contributed by atoms with E-state index in [2.05, 4.69) is 91.0 Å². The Hall–Kier alpha value is -4.15. The molecule has 0 fully saturated rings. The van der Waals surface area contributed by atoms with Gasteiger partial charge in [-0.15, -0.1) is 0 Å². The van der Waals surface area contributed by atoms with Gasteiger partial charge in [0, 0.05) is 0 Å². The molecule has 1 nitrogen and oxygen atoms in total. The summed E-state index contributed by atoms with van der Waals surface area (Å²) in [5, 5.41) is 19.1. The summed E-state index contributed by atoms with van der Waals surface area (Å²) in [5.74, 6) is 0. The highest BCUT2D eigenvalue weighted by Gasteiger charge is 2.09. The van der Waals surface area contributed by atoms with Crippen LogP contribution in [0.4, 0.5) is 0 Å². The summed E-state index contributed by atoms with van der Waals surface area (Å²) < 4.78 is 0. The second-order valence-corrected chi connectivity index (χ2v) is 7.74. The van der Waals surface area contributed by atoms with Crippen LogP contribution in [0.1, 0.15) is 5.56 Å². The summed E-state index contributed by atoms with van der Waals surface area (Å²) >= 11 is 0. The van der Waals surface area contributed by atoms with E-state index in [-0.39, 0.29) is 0 Å². The highest BCUT2D eigenvalue weighted by atomic mass is 14.2. The minimum Gasteiger partial charge on any atom is -0.192 e. The van der Waals surface area contributed by atoms with Gasteiger partial charge in [-0.2, -0.15) is 5.26 Å². The van der Waals surface area contributed by atoms with Gasteiger partial charge in [0.2, 0.25) is 0 Å². The molecule has 0 amide bonds. The second kappa shape index (κ2) is 6.44. The summed E-state index contributed by atoms with van der Waals surface area (Å²) in [6, 6.07) is 38.6. The van der Waals surface area contributed by atoms with Gasteiger partial charge in [-0.05, 0) is 78.5 Å². The van der Waals surface area contributed by atoms with Crippen molar-refractivity contribution in [3.63, 3.8) is 0 Å². The summed E-state index contributed by atoms with van der Waals surface area (Å²) in [4.78, 5) is 0. The van der Waals surface area contributed by atoms with Gasteiger partial charge in [0.15, 0.2) is 0 Å². The van der Waals surface area contributed by atoms with Gasteiger partial charge in [0.05, 0.1) is 11.6 Å². The number of hydrogen-bond donors (Lipinski definition) is 0. The van der Waals surface area contributed by atoms with Crippen LogP contribution < -0.4 is 0 Å². The lowest BCUT2D eigenvalue weighted by Crippen LogP contribution is -1.85. The van der Waals surface area contributed by atoms with Crippen LogP contribution in [0.3, 0.4) is 0 Å². The number of rotatable bonds is 1. The van der Waals surface area contributed by atoms with Crippen LogP contribution in [0.15, 0.2) is 103 Å². The second-order valence-electron chi connectivity index (χ2n) is 7.74. The van der Waals surface area contributed by atoms with E-state index in [0.29, 0.717) is 5.56 Å². The van der Waals surface area contributed by atoms with Crippen LogP contribution >= 0.6 is 0 Å². The van der Waals surface area contributed by atoms with Crippen LogP contribution in [0, 0.1) is 11.3 Å². The number of nitriles is 1. The molecule has 1 heteroatoms. The standard InChI is InChI=1S/C29H17N/c30-18-19-9-10-21-16-22(12-11-20(21)15-19)23-13-14-28-26-7-2-1-5-24(26)25-6-3-4-8-27(25)29(28)17-23/h1-17H. The molecule has 0 aromatic heterocycles. The molecule has 6 aromatic rings. The van der Waals surface area contributed by atoms with E-state index >= 15 is 0 Å². The number of hydrogen-bond acceptors (Lipinski definition) is 1. The van der Waals surface area contributed by atoms with Gasteiger partial charge < -0.3 is 0 Å². The molecule has 0 radical (unpaired) electrons. The van der Waals surface area contributed by atoms with Gasteiger partial charge in [-0.25, -0.2) is 0 Å². The van der Waals surface area contributed by atoms with E-state index in [1.807, 2.05) is 18.2 Å². The molecule has 30 heavy (non-hydrogen) atoms. The van der Waals surface area contributed by atoms with E-state index in [1.165, 1.54) is 43.4 Å². The molecular formula is C29H17N. The summed E-state index contributed by atoms with van der Waals surface area (Å²) in [5.41, 5.74) is 3.08. The molecule has 6 rings (SSSR count). The Bertz CT molecular complexity index is 1620. The van der Waals surface area contributed by atoms with Gasteiger partial charge in [-0.3, -0.25) is 0 Å². The zero-order valence-corrected chi connectivity index (χ0v) is 16.3. The lowest BCUT2D eigenvalue weighted by molar-refractivity contribution is 1.50. The first-order valence-corrected chi connectivity index (χ1v) is 10.1. The van der Waals surface area contributed by atoms with Crippen LogP contribution in [-0.2, 0) is 0 Å². The van der Waals surface area contributed by atoms with Crippen molar-refractivity contribution >= 4 is 43.1 Å². The summed E-state index contributed by atoms with van der Waals surface area (Å²) in [6.07, 6.45) is 0. The van der Waals surface area contributed by atoms with Gasteiger partial charge >= 0.3 is 0 Å². The van der Waals surface area contributed by atoms with Crippen LogP contribution in [0.5, 0.6) is 0 Å². The molecule has 0 heterocycles. The third-order valence-corrected chi connectivity index (χ3v) is 6.05. The predicted octanol–water partition coefficient (Wildman–Crippen LogP) is 7.84. The molecule has 0 bridgehead atoms. The Morgan fingerprint density at radius 3 is 1.60 bits per heavy atom. The molecule has 0 atom stereocenters. The topological polar surface area (TPSA) is 23.8 Å². The van der Waals surface area contributed by atoms with Crippen molar-refractivity contribution in [2.24, 2.45) is 0 Å². The van der Waals surface area contributed by atoms with Gasteiger partial charge in [0.25, 0.3) is 0 Å². The molecule has 6 aromatic carbocycles. The molecule has 0 spiro atoms. The average Bonchev–Trinajstić information content (AvgIpc) is 2.83. The number of nitrogens with zero attached hydrogens (tertiary/aromatic N) is 1. The van der Waals surface area contributed by atoms with Crippen molar-refractivity contribution in [2.45, 2.75) is 0 Å². The monoisotopic (exact) mass is 379 g/mol. The molecule has 138 valence electrons. The molecule has 0 aliphatic rings. The first-order chi connectivity index (χ1) is 14.8. The third-order valence-electron chi connectivity index (χ3n) is 6.05. The maximum atomic E-state index is 9.14. The van der Waals surface area contributed by atoms with E-state index in [0.717, 1.165) is 10.8 Å². The fourth-order valence-electron chi connectivity index (χ4n) is 4.58. The summed E-state index contributed by atoms with van der Waals surface area (Å²) in [6.45, 7) is 0. The molecule has 0 N–H and O–H groups in total. The Balaban J connectivity index is 1.64. The maximum absolute atomic E-state index is 9.14. The first kappa shape index (κ1) is 16.8. The minimum absolute atomic E-state index is 0.694.